The van der Waals surface area contributed by atoms with Crippen LogP contribution in [0.1, 0.15) is 11.3 Å². The Morgan fingerprint density at radius 2 is 2.35 bits per heavy atom. The van der Waals surface area contributed by atoms with E-state index < -0.39 is 0 Å². The smallest absolute Gasteiger partial charge is 0.175 e. The molecule has 0 saturated carbocycles. The minimum absolute atomic E-state index is 0.430. The van der Waals surface area contributed by atoms with Gasteiger partial charge in [0.25, 0.3) is 0 Å². The third kappa shape index (κ3) is 2.48. The monoisotopic (exact) mass is 314 g/mol. The van der Waals surface area contributed by atoms with Crippen LogP contribution in [0, 0.1) is 11.6 Å². The SMILES string of the molecule is COCc1[nH]c(-c2occc2C)nc(=S)c1Br. The Morgan fingerprint density at radius 1 is 1.59 bits per heavy atom. The number of aromatic amines is 1. The Bertz CT molecular complexity index is 591. The molecule has 0 amide bonds. The van der Waals surface area contributed by atoms with Gasteiger partial charge >= 0.3 is 0 Å². The first kappa shape index (κ1) is 12.5. The molecule has 17 heavy (non-hydrogen) atoms. The van der Waals surface area contributed by atoms with E-state index in [1.165, 1.54) is 0 Å². The van der Waals surface area contributed by atoms with Crippen molar-refractivity contribution in [3.8, 4) is 11.6 Å². The van der Waals surface area contributed by atoms with Crippen molar-refractivity contribution in [1.29, 1.82) is 0 Å². The first-order valence-corrected chi connectivity index (χ1v) is 6.15. The maximum Gasteiger partial charge on any atom is 0.175 e. The highest BCUT2D eigenvalue weighted by molar-refractivity contribution is 9.10. The minimum atomic E-state index is 0.430. The van der Waals surface area contributed by atoms with Crippen LogP contribution in [0.3, 0.4) is 0 Å². The van der Waals surface area contributed by atoms with Gasteiger partial charge in [-0.3, -0.25) is 0 Å². The van der Waals surface area contributed by atoms with Gasteiger partial charge in [0.15, 0.2) is 11.6 Å². The molecule has 2 aromatic heterocycles. The van der Waals surface area contributed by atoms with Gasteiger partial charge in [-0.05, 0) is 34.5 Å². The standard InChI is InChI=1S/C11H11BrN2O2S/c1-6-3-4-16-9(6)10-13-7(5-15-2)8(12)11(17)14-10/h3-4H,5H2,1-2H3,(H,13,14,17). The van der Waals surface area contributed by atoms with E-state index in [1.807, 2.05) is 13.0 Å². The molecule has 2 aromatic rings. The highest BCUT2D eigenvalue weighted by Gasteiger charge is 2.11. The number of ether oxygens (including phenoxy) is 1. The molecule has 0 spiro atoms. The molecule has 1 N–H and O–H groups in total. The summed E-state index contributed by atoms with van der Waals surface area (Å²) in [5, 5.41) is 0. The maximum absolute atomic E-state index is 5.38. The summed E-state index contributed by atoms with van der Waals surface area (Å²) in [6, 6.07) is 1.88. The van der Waals surface area contributed by atoms with Gasteiger partial charge < -0.3 is 14.1 Å². The summed E-state index contributed by atoms with van der Waals surface area (Å²) in [6.45, 7) is 2.38. The zero-order valence-corrected chi connectivity index (χ0v) is 11.8. The summed E-state index contributed by atoms with van der Waals surface area (Å²) in [7, 11) is 1.63. The van der Waals surface area contributed by atoms with Gasteiger partial charge in [-0.25, -0.2) is 4.98 Å². The van der Waals surface area contributed by atoms with E-state index in [4.69, 9.17) is 21.4 Å². The molecular formula is C11H11BrN2O2S. The van der Waals surface area contributed by atoms with Crippen molar-refractivity contribution in [1.82, 2.24) is 9.97 Å². The van der Waals surface area contributed by atoms with Crippen LogP contribution >= 0.6 is 28.1 Å². The maximum atomic E-state index is 5.38. The second kappa shape index (κ2) is 5.12. The van der Waals surface area contributed by atoms with Gasteiger partial charge in [-0.2, -0.15) is 0 Å². The lowest BCUT2D eigenvalue weighted by atomic mass is 10.2. The van der Waals surface area contributed by atoms with Crippen molar-refractivity contribution in [2.24, 2.45) is 0 Å². The summed E-state index contributed by atoms with van der Waals surface area (Å²) in [4.78, 5) is 7.44. The molecule has 0 radical (unpaired) electrons. The molecule has 0 aromatic carbocycles. The average Bonchev–Trinajstić information content (AvgIpc) is 2.71. The molecule has 0 atom stereocenters. The van der Waals surface area contributed by atoms with Crippen LogP contribution < -0.4 is 0 Å². The predicted octanol–water partition coefficient (Wildman–Crippen LogP) is 3.62. The van der Waals surface area contributed by atoms with E-state index >= 15 is 0 Å². The second-order valence-electron chi connectivity index (χ2n) is 3.55. The molecule has 0 bridgehead atoms. The lowest BCUT2D eigenvalue weighted by Gasteiger charge is -2.06. The van der Waals surface area contributed by atoms with Gasteiger partial charge in [0.2, 0.25) is 0 Å². The normalized spacial score (nSPS) is 10.8. The Morgan fingerprint density at radius 3 is 2.94 bits per heavy atom. The van der Waals surface area contributed by atoms with E-state index in [2.05, 4.69) is 25.9 Å². The predicted molar refractivity (Wildman–Crippen MR) is 70.3 cm³/mol. The summed E-state index contributed by atoms with van der Waals surface area (Å²) in [6.07, 6.45) is 1.63. The van der Waals surface area contributed by atoms with Gasteiger partial charge in [0.1, 0.15) is 4.64 Å². The van der Waals surface area contributed by atoms with Crippen molar-refractivity contribution in [2.45, 2.75) is 13.5 Å². The number of hydrogen-bond donors (Lipinski definition) is 1. The fourth-order valence-electron chi connectivity index (χ4n) is 1.47. The molecule has 0 saturated heterocycles. The van der Waals surface area contributed by atoms with E-state index in [0.717, 1.165) is 15.7 Å². The minimum Gasteiger partial charge on any atom is -0.461 e. The number of methoxy groups -OCH3 is 1. The molecule has 6 heteroatoms. The largest absolute Gasteiger partial charge is 0.461 e. The van der Waals surface area contributed by atoms with E-state index in [9.17, 15) is 0 Å². The fourth-order valence-corrected chi connectivity index (χ4v) is 1.99. The van der Waals surface area contributed by atoms with Crippen LogP contribution in [0.4, 0.5) is 0 Å². The first-order chi connectivity index (χ1) is 8.13. The van der Waals surface area contributed by atoms with Gasteiger partial charge in [-0.15, -0.1) is 0 Å². The molecule has 0 aliphatic rings. The zero-order chi connectivity index (χ0) is 12.4. The Balaban J connectivity index is 2.57. The summed E-state index contributed by atoms with van der Waals surface area (Å²) in [5.74, 6) is 1.31. The molecule has 0 aliphatic carbocycles. The number of furan rings is 1. The highest BCUT2D eigenvalue weighted by Crippen LogP contribution is 2.24. The van der Waals surface area contributed by atoms with E-state index in [-0.39, 0.29) is 0 Å². The molecule has 0 aliphatic heterocycles. The molecule has 2 heterocycles. The average molecular weight is 315 g/mol. The highest BCUT2D eigenvalue weighted by atomic mass is 79.9. The Kier molecular flexibility index (Phi) is 3.76. The van der Waals surface area contributed by atoms with E-state index in [1.54, 1.807) is 13.4 Å². The topological polar surface area (TPSA) is 51.0 Å². The Labute approximate surface area is 112 Å². The third-order valence-electron chi connectivity index (χ3n) is 2.30. The van der Waals surface area contributed by atoms with Crippen LogP contribution in [-0.4, -0.2) is 17.1 Å². The summed E-state index contributed by atoms with van der Waals surface area (Å²) < 4.78 is 11.7. The van der Waals surface area contributed by atoms with Gasteiger partial charge in [0, 0.05) is 7.11 Å². The van der Waals surface area contributed by atoms with Crippen molar-refractivity contribution in [3.05, 3.63) is 32.7 Å². The molecule has 4 nitrogen and oxygen atoms in total. The van der Waals surface area contributed by atoms with Crippen LogP contribution in [0.25, 0.3) is 11.6 Å². The lowest BCUT2D eigenvalue weighted by molar-refractivity contribution is 0.181. The Hall–Kier alpha value is -0.980. The molecule has 90 valence electrons. The summed E-state index contributed by atoms with van der Waals surface area (Å²) >= 11 is 8.57. The molecular weight excluding hydrogens is 304 g/mol. The quantitative estimate of drug-likeness (QED) is 0.879. The number of H-pyrrole nitrogens is 1. The van der Waals surface area contributed by atoms with Crippen LogP contribution in [0.15, 0.2) is 21.2 Å². The number of nitrogens with one attached hydrogen (secondary N) is 1. The fraction of sp³-hybridized carbons (Fsp3) is 0.273. The number of rotatable bonds is 3. The van der Waals surface area contributed by atoms with Crippen molar-refractivity contribution < 1.29 is 9.15 Å². The number of halogens is 1. The number of nitrogens with zero attached hydrogens (tertiary/aromatic N) is 1. The van der Waals surface area contributed by atoms with Crippen LogP contribution in [0.5, 0.6) is 0 Å². The van der Waals surface area contributed by atoms with Crippen molar-refractivity contribution in [3.63, 3.8) is 0 Å². The zero-order valence-electron chi connectivity index (χ0n) is 9.41. The van der Waals surface area contributed by atoms with Crippen molar-refractivity contribution >= 4 is 28.1 Å². The van der Waals surface area contributed by atoms with E-state index in [0.29, 0.717) is 22.8 Å². The number of hydrogen-bond acceptors (Lipinski definition) is 4. The first-order valence-electron chi connectivity index (χ1n) is 4.95. The third-order valence-corrected chi connectivity index (χ3v) is 3.71. The number of aryl methyl sites for hydroxylation is 1. The molecule has 0 fully saturated rings. The lowest BCUT2D eigenvalue weighted by Crippen LogP contribution is -1.99. The van der Waals surface area contributed by atoms with Crippen LogP contribution in [-0.2, 0) is 11.3 Å². The summed E-state index contributed by atoms with van der Waals surface area (Å²) in [5.41, 5.74) is 1.85. The van der Waals surface area contributed by atoms with Crippen molar-refractivity contribution in [2.75, 3.05) is 7.11 Å². The van der Waals surface area contributed by atoms with Gasteiger partial charge in [-0.1, -0.05) is 12.2 Å². The number of aromatic nitrogens is 2. The molecule has 2 rings (SSSR count). The molecule has 0 unspecified atom stereocenters. The van der Waals surface area contributed by atoms with Gasteiger partial charge in [0.05, 0.1) is 23.0 Å². The van der Waals surface area contributed by atoms with Crippen LogP contribution in [0.2, 0.25) is 0 Å². The second-order valence-corrected chi connectivity index (χ2v) is 4.73.